The van der Waals surface area contributed by atoms with E-state index in [1.54, 1.807) is 0 Å². The summed E-state index contributed by atoms with van der Waals surface area (Å²) in [6, 6.07) is 0. The molecule has 0 spiro atoms. The van der Waals surface area contributed by atoms with Gasteiger partial charge in [-0.25, -0.2) is 0 Å². The van der Waals surface area contributed by atoms with Gasteiger partial charge in [-0.15, -0.1) is 0 Å². The zero-order valence-corrected chi connectivity index (χ0v) is 5.39. The maximum absolute atomic E-state index is 11.1. The minimum atomic E-state index is 0.387. The first-order chi connectivity index (χ1) is 4.38. The lowest BCUT2D eigenvalue weighted by atomic mass is 9.95. The SMILES string of the molecule is O=C(C1CC1)C1CNC1. The molecule has 2 nitrogen and oxygen atoms in total. The predicted octanol–water partition coefficient (Wildman–Crippen LogP) is 0.185. The van der Waals surface area contributed by atoms with Crippen molar-refractivity contribution in [2.24, 2.45) is 11.8 Å². The van der Waals surface area contributed by atoms with E-state index < -0.39 is 0 Å². The Morgan fingerprint density at radius 3 is 2.22 bits per heavy atom. The van der Waals surface area contributed by atoms with E-state index in [-0.39, 0.29) is 0 Å². The topological polar surface area (TPSA) is 29.1 Å². The van der Waals surface area contributed by atoms with Crippen molar-refractivity contribution in [3.63, 3.8) is 0 Å². The van der Waals surface area contributed by atoms with Crippen LogP contribution < -0.4 is 5.32 Å². The fourth-order valence-electron chi connectivity index (χ4n) is 1.19. The Balaban J connectivity index is 1.88. The molecule has 0 bridgehead atoms. The molecule has 1 saturated heterocycles. The van der Waals surface area contributed by atoms with E-state index >= 15 is 0 Å². The monoisotopic (exact) mass is 125 g/mol. The molecule has 2 aliphatic rings. The zero-order chi connectivity index (χ0) is 6.27. The number of carbonyl (C=O) groups excluding carboxylic acids is 1. The van der Waals surface area contributed by atoms with E-state index in [2.05, 4.69) is 5.32 Å². The van der Waals surface area contributed by atoms with Crippen LogP contribution in [0.5, 0.6) is 0 Å². The molecule has 0 aromatic heterocycles. The Hall–Kier alpha value is -0.370. The van der Waals surface area contributed by atoms with Gasteiger partial charge in [0.05, 0.1) is 0 Å². The molecule has 2 heteroatoms. The number of rotatable bonds is 2. The summed E-state index contributed by atoms with van der Waals surface area (Å²) in [4.78, 5) is 11.1. The summed E-state index contributed by atoms with van der Waals surface area (Å²) in [6.45, 7) is 1.88. The van der Waals surface area contributed by atoms with Crippen LogP contribution in [0.4, 0.5) is 0 Å². The molecule has 0 radical (unpaired) electrons. The van der Waals surface area contributed by atoms with Gasteiger partial charge in [0.2, 0.25) is 0 Å². The highest BCUT2D eigenvalue weighted by Gasteiger charge is 2.36. The van der Waals surface area contributed by atoms with Crippen molar-refractivity contribution in [2.45, 2.75) is 12.8 Å². The van der Waals surface area contributed by atoms with Gasteiger partial charge in [0.25, 0.3) is 0 Å². The second-order valence-corrected chi connectivity index (χ2v) is 3.03. The van der Waals surface area contributed by atoms with Gasteiger partial charge in [-0.3, -0.25) is 4.79 Å². The Kier molecular flexibility index (Phi) is 1.09. The normalized spacial score (nSPS) is 27.6. The van der Waals surface area contributed by atoms with Gasteiger partial charge in [0.15, 0.2) is 0 Å². The summed E-state index contributed by atoms with van der Waals surface area (Å²) in [7, 11) is 0. The fourth-order valence-corrected chi connectivity index (χ4v) is 1.19. The molecule has 1 saturated carbocycles. The average molecular weight is 125 g/mol. The van der Waals surface area contributed by atoms with Crippen molar-refractivity contribution in [2.75, 3.05) is 13.1 Å². The molecule has 2 rings (SSSR count). The minimum absolute atomic E-state index is 0.387. The first-order valence-electron chi connectivity index (χ1n) is 3.62. The van der Waals surface area contributed by atoms with Gasteiger partial charge >= 0.3 is 0 Å². The van der Waals surface area contributed by atoms with Gasteiger partial charge in [-0.2, -0.15) is 0 Å². The Labute approximate surface area is 54.6 Å². The molecule has 1 heterocycles. The third kappa shape index (κ3) is 0.874. The van der Waals surface area contributed by atoms with E-state index in [0.717, 1.165) is 25.9 Å². The van der Waals surface area contributed by atoms with Gasteiger partial charge in [-0.05, 0) is 12.8 Å². The molecule has 0 aromatic carbocycles. The summed E-state index contributed by atoms with van der Waals surface area (Å²) in [6.07, 6.45) is 2.32. The smallest absolute Gasteiger partial charge is 0.141 e. The van der Waals surface area contributed by atoms with E-state index in [9.17, 15) is 4.79 Å². The van der Waals surface area contributed by atoms with Crippen LogP contribution in [0.25, 0.3) is 0 Å². The van der Waals surface area contributed by atoms with E-state index in [1.165, 1.54) is 0 Å². The number of nitrogens with one attached hydrogen (secondary N) is 1. The molecule has 0 aromatic rings. The first-order valence-corrected chi connectivity index (χ1v) is 3.62. The Bertz CT molecular complexity index is 136. The molecule has 0 unspecified atom stereocenters. The lowest BCUT2D eigenvalue weighted by molar-refractivity contribution is -0.125. The van der Waals surface area contributed by atoms with Gasteiger partial charge in [-0.1, -0.05) is 0 Å². The number of hydrogen-bond donors (Lipinski definition) is 1. The largest absolute Gasteiger partial charge is 0.315 e. The summed E-state index contributed by atoms with van der Waals surface area (Å²) in [5.74, 6) is 1.38. The highest BCUT2D eigenvalue weighted by molar-refractivity contribution is 5.86. The Morgan fingerprint density at radius 1 is 1.22 bits per heavy atom. The average Bonchev–Trinajstić information content (AvgIpc) is 2.37. The van der Waals surface area contributed by atoms with Crippen molar-refractivity contribution in [3.8, 4) is 0 Å². The van der Waals surface area contributed by atoms with Crippen LogP contribution in [-0.2, 0) is 4.79 Å². The molecule has 1 aliphatic carbocycles. The van der Waals surface area contributed by atoms with Crippen LogP contribution >= 0.6 is 0 Å². The van der Waals surface area contributed by atoms with Crippen LogP contribution in [-0.4, -0.2) is 18.9 Å². The highest BCUT2D eigenvalue weighted by Crippen LogP contribution is 2.33. The molecule has 1 aliphatic heterocycles. The molecular formula is C7H11NO. The standard InChI is InChI=1S/C7H11NO/c9-7(5-1-2-5)6-3-8-4-6/h5-6,8H,1-4H2. The van der Waals surface area contributed by atoms with Gasteiger partial charge in [0, 0.05) is 24.9 Å². The van der Waals surface area contributed by atoms with E-state index in [0.29, 0.717) is 17.6 Å². The van der Waals surface area contributed by atoms with E-state index in [1.807, 2.05) is 0 Å². The minimum Gasteiger partial charge on any atom is -0.315 e. The summed E-state index contributed by atoms with van der Waals surface area (Å²) < 4.78 is 0. The van der Waals surface area contributed by atoms with Gasteiger partial charge in [0.1, 0.15) is 5.78 Å². The first kappa shape index (κ1) is 5.42. The van der Waals surface area contributed by atoms with Crippen molar-refractivity contribution in [1.82, 2.24) is 5.32 Å². The maximum atomic E-state index is 11.1. The summed E-state index contributed by atoms with van der Waals surface area (Å²) in [5, 5.41) is 3.10. The summed E-state index contributed by atoms with van der Waals surface area (Å²) >= 11 is 0. The summed E-state index contributed by atoms with van der Waals surface area (Å²) in [5.41, 5.74) is 0. The molecular weight excluding hydrogens is 114 g/mol. The maximum Gasteiger partial charge on any atom is 0.141 e. The van der Waals surface area contributed by atoms with Crippen LogP contribution in [0.2, 0.25) is 0 Å². The molecule has 50 valence electrons. The highest BCUT2D eigenvalue weighted by atomic mass is 16.1. The second kappa shape index (κ2) is 1.81. The quantitative estimate of drug-likeness (QED) is 0.570. The fraction of sp³-hybridized carbons (Fsp3) is 0.857. The van der Waals surface area contributed by atoms with Crippen LogP contribution in [0.1, 0.15) is 12.8 Å². The van der Waals surface area contributed by atoms with Crippen molar-refractivity contribution in [1.29, 1.82) is 0 Å². The van der Waals surface area contributed by atoms with Crippen LogP contribution in [0.3, 0.4) is 0 Å². The molecule has 0 atom stereocenters. The van der Waals surface area contributed by atoms with Crippen molar-refractivity contribution < 1.29 is 4.79 Å². The van der Waals surface area contributed by atoms with E-state index in [4.69, 9.17) is 0 Å². The van der Waals surface area contributed by atoms with Crippen molar-refractivity contribution >= 4 is 5.78 Å². The molecule has 0 amide bonds. The second-order valence-electron chi connectivity index (χ2n) is 3.03. The molecule has 1 N–H and O–H groups in total. The van der Waals surface area contributed by atoms with Crippen molar-refractivity contribution in [3.05, 3.63) is 0 Å². The number of carbonyl (C=O) groups is 1. The third-order valence-corrected chi connectivity index (χ3v) is 2.16. The lowest BCUT2D eigenvalue weighted by Gasteiger charge is -2.25. The lowest BCUT2D eigenvalue weighted by Crippen LogP contribution is -2.47. The number of hydrogen-bond acceptors (Lipinski definition) is 2. The molecule has 9 heavy (non-hydrogen) atoms. The van der Waals surface area contributed by atoms with Crippen LogP contribution in [0, 0.1) is 11.8 Å². The Morgan fingerprint density at radius 2 is 1.89 bits per heavy atom. The molecule has 2 fully saturated rings. The predicted molar refractivity (Wildman–Crippen MR) is 34.1 cm³/mol. The number of Topliss-reactive ketones (excluding diaryl/α,β-unsaturated/α-hetero) is 1. The van der Waals surface area contributed by atoms with Gasteiger partial charge < -0.3 is 5.32 Å². The van der Waals surface area contributed by atoms with Crippen LogP contribution in [0.15, 0.2) is 0 Å². The number of ketones is 1. The zero-order valence-electron chi connectivity index (χ0n) is 5.39. The third-order valence-electron chi connectivity index (χ3n) is 2.16.